The van der Waals surface area contributed by atoms with E-state index in [1.54, 1.807) is 66.7 Å². The molecule has 0 bridgehead atoms. The summed E-state index contributed by atoms with van der Waals surface area (Å²) in [5, 5.41) is 3.25. The molecule has 1 amide bonds. The fourth-order valence-corrected chi connectivity index (χ4v) is 3.73. The van der Waals surface area contributed by atoms with Crippen LogP contribution in [0.5, 0.6) is 11.5 Å². The summed E-state index contributed by atoms with van der Waals surface area (Å²) in [6, 6.07) is 18.7. The van der Waals surface area contributed by atoms with Gasteiger partial charge in [-0.15, -0.1) is 0 Å². The van der Waals surface area contributed by atoms with Crippen LogP contribution < -0.4 is 14.8 Å². The molecule has 8 heteroatoms. The van der Waals surface area contributed by atoms with Gasteiger partial charge in [0.1, 0.15) is 13.2 Å². The van der Waals surface area contributed by atoms with Gasteiger partial charge in [0, 0.05) is 28.3 Å². The number of fused-ring (bicyclic) bond motifs is 1. The molecule has 1 unspecified atom stereocenters. The maximum Gasteiger partial charge on any atom is 0.307 e. The number of hydrogen-bond donors (Lipinski definition) is 1. The average Bonchev–Trinajstić information content (AvgIpc) is 2.88. The van der Waals surface area contributed by atoms with Crippen molar-refractivity contribution in [3.63, 3.8) is 0 Å². The largest absolute Gasteiger partial charge is 0.486 e. The van der Waals surface area contributed by atoms with Crippen LogP contribution in [-0.2, 0) is 14.3 Å². The zero-order chi connectivity index (χ0) is 24.8. The third-order valence-electron chi connectivity index (χ3n) is 5.45. The number of ether oxygens (including phenoxy) is 3. The highest BCUT2D eigenvalue weighted by Crippen LogP contribution is 2.31. The summed E-state index contributed by atoms with van der Waals surface area (Å²) in [6.07, 6.45) is -1.44. The minimum atomic E-state index is -1.19. The van der Waals surface area contributed by atoms with E-state index in [0.717, 1.165) is 5.56 Å². The Morgan fingerprint density at radius 2 is 1.69 bits per heavy atom. The number of carbonyl (C=O) groups excluding carboxylic acids is 3. The Hall–Kier alpha value is -3.84. The van der Waals surface area contributed by atoms with Crippen LogP contribution in [-0.4, -0.2) is 30.9 Å². The van der Waals surface area contributed by atoms with Gasteiger partial charge in [-0.3, -0.25) is 14.4 Å². The van der Waals surface area contributed by atoms with Gasteiger partial charge < -0.3 is 19.5 Å². The number of ketones is 1. The second kappa shape index (κ2) is 11.1. The molecule has 0 aliphatic carbocycles. The van der Waals surface area contributed by atoms with Gasteiger partial charge in [0.2, 0.25) is 6.10 Å². The SMILES string of the molecule is Cc1ccc(NC(=O)C(OC(=O)CCC(=O)c2ccc3c(c2)OCCO3)c2ccccc2)cc1Cl. The highest BCUT2D eigenvalue weighted by atomic mass is 35.5. The first-order valence-electron chi connectivity index (χ1n) is 11.1. The van der Waals surface area contributed by atoms with E-state index in [9.17, 15) is 14.4 Å². The normalized spacial score (nSPS) is 13.0. The summed E-state index contributed by atoms with van der Waals surface area (Å²) in [4.78, 5) is 38.3. The number of hydrogen-bond acceptors (Lipinski definition) is 6. The van der Waals surface area contributed by atoms with Crippen LogP contribution in [0.15, 0.2) is 66.7 Å². The Labute approximate surface area is 208 Å². The lowest BCUT2D eigenvalue weighted by atomic mass is 10.1. The van der Waals surface area contributed by atoms with Crippen LogP contribution in [0, 0.1) is 6.92 Å². The van der Waals surface area contributed by atoms with E-state index in [1.807, 2.05) is 6.92 Å². The van der Waals surface area contributed by atoms with Gasteiger partial charge in [-0.25, -0.2) is 0 Å². The van der Waals surface area contributed by atoms with Gasteiger partial charge in [-0.2, -0.15) is 0 Å². The van der Waals surface area contributed by atoms with E-state index in [0.29, 0.717) is 46.5 Å². The van der Waals surface area contributed by atoms with Gasteiger partial charge in [-0.05, 0) is 42.8 Å². The Bertz CT molecular complexity index is 1240. The standard InChI is InChI=1S/C27H24ClNO6/c1-17-7-9-20(16-21(17)28)29-27(32)26(18-5-3-2-4-6-18)35-25(31)12-10-22(30)19-8-11-23-24(15-19)34-14-13-33-23/h2-9,11,15-16,26H,10,12-14H2,1H3,(H,29,32). The fourth-order valence-electron chi connectivity index (χ4n) is 3.55. The van der Waals surface area contributed by atoms with E-state index in [-0.39, 0.29) is 18.6 Å². The van der Waals surface area contributed by atoms with Crippen molar-refractivity contribution in [3.05, 3.63) is 88.4 Å². The average molecular weight is 494 g/mol. The van der Waals surface area contributed by atoms with Crippen molar-refractivity contribution in [2.75, 3.05) is 18.5 Å². The van der Waals surface area contributed by atoms with E-state index >= 15 is 0 Å². The summed E-state index contributed by atoms with van der Waals surface area (Å²) in [7, 11) is 0. The lowest BCUT2D eigenvalue weighted by Gasteiger charge is -2.19. The first kappa shape index (κ1) is 24.3. The smallest absolute Gasteiger partial charge is 0.307 e. The number of nitrogens with one attached hydrogen (secondary N) is 1. The summed E-state index contributed by atoms with van der Waals surface area (Å²) < 4.78 is 16.5. The third kappa shape index (κ3) is 6.19. The van der Waals surface area contributed by atoms with E-state index < -0.39 is 18.0 Å². The second-order valence-electron chi connectivity index (χ2n) is 8.02. The van der Waals surface area contributed by atoms with Gasteiger partial charge in [-0.1, -0.05) is 48.0 Å². The van der Waals surface area contributed by atoms with Crippen LogP contribution in [0.1, 0.15) is 40.4 Å². The summed E-state index contributed by atoms with van der Waals surface area (Å²) in [5.41, 5.74) is 2.28. The lowest BCUT2D eigenvalue weighted by Crippen LogP contribution is -2.26. The molecule has 1 aliphatic heterocycles. The number of anilines is 1. The maximum absolute atomic E-state index is 13.0. The van der Waals surface area contributed by atoms with Crippen LogP contribution in [0.25, 0.3) is 0 Å². The lowest BCUT2D eigenvalue weighted by molar-refractivity contribution is -0.154. The van der Waals surface area contributed by atoms with Crippen molar-refractivity contribution >= 4 is 34.9 Å². The molecular formula is C27H24ClNO6. The molecule has 7 nitrogen and oxygen atoms in total. The van der Waals surface area contributed by atoms with Gasteiger partial charge in [0.15, 0.2) is 17.3 Å². The summed E-state index contributed by atoms with van der Waals surface area (Å²) >= 11 is 6.16. The van der Waals surface area contributed by atoms with Crippen molar-refractivity contribution < 1.29 is 28.6 Å². The zero-order valence-corrected chi connectivity index (χ0v) is 19.8. The molecule has 4 rings (SSSR count). The first-order chi connectivity index (χ1) is 16.9. The quantitative estimate of drug-likeness (QED) is 0.338. The molecule has 180 valence electrons. The van der Waals surface area contributed by atoms with Crippen LogP contribution in [0.2, 0.25) is 5.02 Å². The summed E-state index contributed by atoms with van der Waals surface area (Å²) in [5.74, 6) is -0.348. The van der Waals surface area contributed by atoms with Crippen LogP contribution in [0.4, 0.5) is 5.69 Å². The number of carbonyl (C=O) groups is 3. The van der Waals surface area contributed by atoms with E-state index in [4.69, 9.17) is 25.8 Å². The molecule has 1 aliphatic rings. The number of Topliss-reactive ketones (excluding diaryl/α,β-unsaturated/α-hetero) is 1. The summed E-state index contributed by atoms with van der Waals surface area (Å²) in [6.45, 7) is 2.72. The Morgan fingerprint density at radius 3 is 2.43 bits per heavy atom. The molecule has 0 radical (unpaired) electrons. The van der Waals surface area contributed by atoms with E-state index in [1.165, 1.54) is 0 Å². The molecule has 35 heavy (non-hydrogen) atoms. The van der Waals surface area contributed by atoms with Gasteiger partial charge in [0.25, 0.3) is 5.91 Å². The highest BCUT2D eigenvalue weighted by Gasteiger charge is 2.26. The maximum atomic E-state index is 13.0. The zero-order valence-electron chi connectivity index (χ0n) is 19.1. The topological polar surface area (TPSA) is 90.9 Å². The predicted molar refractivity (Wildman–Crippen MR) is 131 cm³/mol. The molecule has 1 atom stereocenters. The highest BCUT2D eigenvalue weighted by molar-refractivity contribution is 6.31. The van der Waals surface area contributed by atoms with Crippen LogP contribution >= 0.6 is 11.6 Å². The van der Waals surface area contributed by atoms with Crippen molar-refractivity contribution in [1.82, 2.24) is 0 Å². The second-order valence-corrected chi connectivity index (χ2v) is 8.42. The first-order valence-corrected chi connectivity index (χ1v) is 11.5. The van der Waals surface area contributed by atoms with E-state index in [2.05, 4.69) is 5.32 Å². The number of benzene rings is 3. The predicted octanol–water partition coefficient (Wildman–Crippen LogP) is 5.31. The van der Waals surface area contributed by atoms with Crippen molar-refractivity contribution in [2.24, 2.45) is 0 Å². The molecular weight excluding hydrogens is 470 g/mol. The fraction of sp³-hybridized carbons (Fsp3) is 0.222. The van der Waals surface area contributed by atoms with Crippen molar-refractivity contribution in [1.29, 1.82) is 0 Å². The third-order valence-corrected chi connectivity index (χ3v) is 5.86. The molecule has 3 aromatic carbocycles. The molecule has 0 aromatic heterocycles. The van der Waals surface area contributed by atoms with Gasteiger partial charge in [0.05, 0.1) is 6.42 Å². The molecule has 0 saturated carbocycles. The number of rotatable bonds is 8. The molecule has 0 saturated heterocycles. The molecule has 1 heterocycles. The Balaban J connectivity index is 1.41. The Morgan fingerprint density at radius 1 is 0.943 bits per heavy atom. The number of aryl methyl sites for hydroxylation is 1. The molecule has 1 N–H and O–H groups in total. The molecule has 0 spiro atoms. The minimum Gasteiger partial charge on any atom is -0.486 e. The molecule has 3 aromatic rings. The van der Waals surface area contributed by atoms with Crippen molar-refractivity contribution in [2.45, 2.75) is 25.9 Å². The van der Waals surface area contributed by atoms with Crippen molar-refractivity contribution in [3.8, 4) is 11.5 Å². The van der Waals surface area contributed by atoms with Crippen LogP contribution in [0.3, 0.4) is 0 Å². The minimum absolute atomic E-state index is 0.0742. The Kier molecular flexibility index (Phi) is 7.67. The number of amides is 1. The number of esters is 1. The number of halogens is 1. The molecule has 0 fully saturated rings. The van der Waals surface area contributed by atoms with Gasteiger partial charge >= 0.3 is 5.97 Å². The monoisotopic (exact) mass is 493 g/mol.